The molecule has 7 nitrogen and oxygen atoms in total. The van der Waals surface area contributed by atoms with Crippen LogP contribution in [0, 0.1) is 51.2 Å². The minimum absolute atomic E-state index is 0.0177. The molecule has 0 bridgehead atoms. The SMILES string of the molecule is CCNC(=O)O[C@H](C(C)C)C1CCC2C(CC3C4CC[C@H]5C(C)(C)[C@@H](OC(N)=O)CC[C@@]56C[C@@]46CC[C@]23C)O1. The van der Waals surface area contributed by atoms with E-state index in [-0.39, 0.29) is 41.8 Å². The summed E-state index contributed by atoms with van der Waals surface area (Å²) in [5.41, 5.74) is 6.67. The van der Waals surface area contributed by atoms with Crippen molar-refractivity contribution in [3.63, 3.8) is 0 Å². The van der Waals surface area contributed by atoms with Crippen LogP contribution in [0.1, 0.15) is 106 Å². The van der Waals surface area contributed by atoms with Gasteiger partial charge in [0.2, 0.25) is 0 Å². The molecule has 5 saturated carbocycles. The van der Waals surface area contributed by atoms with Crippen molar-refractivity contribution in [1.82, 2.24) is 5.32 Å². The van der Waals surface area contributed by atoms with Gasteiger partial charge in [-0.2, -0.15) is 0 Å². The molecular weight excluding hydrogens is 492 g/mol. The molecule has 1 saturated heterocycles. The highest BCUT2D eigenvalue weighted by Crippen LogP contribution is 2.87. The van der Waals surface area contributed by atoms with Gasteiger partial charge in [0.1, 0.15) is 12.2 Å². The molecule has 0 aromatic heterocycles. The zero-order valence-electron chi connectivity index (χ0n) is 25.1. The second-order valence-electron chi connectivity index (χ2n) is 15.4. The fourth-order valence-corrected chi connectivity index (χ4v) is 11.8. The predicted molar refractivity (Wildman–Crippen MR) is 149 cm³/mol. The van der Waals surface area contributed by atoms with Gasteiger partial charge in [-0.3, -0.25) is 0 Å². The number of rotatable bonds is 5. The maximum Gasteiger partial charge on any atom is 0.407 e. The Morgan fingerprint density at radius 2 is 1.72 bits per heavy atom. The summed E-state index contributed by atoms with van der Waals surface area (Å²) in [7, 11) is 0. The number of fused-ring (bicyclic) bond motifs is 4. The summed E-state index contributed by atoms with van der Waals surface area (Å²) in [4.78, 5) is 24.0. The molecule has 6 rings (SSSR count). The molecule has 2 amide bonds. The van der Waals surface area contributed by atoms with Crippen LogP contribution in [0.2, 0.25) is 0 Å². The number of nitrogens with two attached hydrogens (primary N) is 1. The van der Waals surface area contributed by atoms with Crippen LogP contribution in [-0.2, 0) is 14.2 Å². The van der Waals surface area contributed by atoms with Crippen molar-refractivity contribution in [1.29, 1.82) is 0 Å². The molecule has 0 aromatic carbocycles. The number of ether oxygens (including phenoxy) is 3. The molecule has 7 heteroatoms. The van der Waals surface area contributed by atoms with Crippen LogP contribution in [0.5, 0.6) is 0 Å². The van der Waals surface area contributed by atoms with Crippen molar-refractivity contribution >= 4 is 12.2 Å². The van der Waals surface area contributed by atoms with Crippen molar-refractivity contribution in [3.05, 3.63) is 0 Å². The molecule has 11 atom stereocenters. The first-order chi connectivity index (χ1) is 18.4. The Morgan fingerprint density at radius 3 is 2.41 bits per heavy atom. The maximum absolute atomic E-state index is 12.3. The minimum atomic E-state index is -0.625. The molecule has 3 N–H and O–H groups in total. The van der Waals surface area contributed by atoms with Gasteiger partial charge >= 0.3 is 12.2 Å². The molecule has 5 aliphatic carbocycles. The first kappa shape index (κ1) is 27.7. The summed E-state index contributed by atoms with van der Waals surface area (Å²) in [5.74, 6) is 2.92. The summed E-state index contributed by atoms with van der Waals surface area (Å²) < 4.78 is 18.5. The van der Waals surface area contributed by atoms with Crippen LogP contribution in [0.25, 0.3) is 0 Å². The highest BCUT2D eigenvalue weighted by molar-refractivity contribution is 5.67. The molecule has 6 fully saturated rings. The van der Waals surface area contributed by atoms with E-state index < -0.39 is 6.09 Å². The molecule has 1 aliphatic heterocycles. The van der Waals surface area contributed by atoms with Crippen LogP contribution in [-0.4, -0.2) is 43.1 Å². The van der Waals surface area contributed by atoms with E-state index in [1.165, 1.54) is 44.9 Å². The quantitative estimate of drug-likeness (QED) is 0.416. The lowest BCUT2D eigenvalue weighted by Gasteiger charge is -2.59. The zero-order chi connectivity index (χ0) is 28.0. The lowest BCUT2D eigenvalue weighted by molar-refractivity contribution is -0.148. The topological polar surface area (TPSA) is 99.9 Å². The first-order valence-electron chi connectivity index (χ1n) is 16.0. The normalized spacial score (nSPS) is 47.9. The van der Waals surface area contributed by atoms with Crippen molar-refractivity contribution in [2.45, 2.75) is 130 Å². The van der Waals surface area contributed by atoms with Crippen molar-refractivity contribution < 1.29 is 23.8 Å². The third-order valence-corrected chi connectivity index (χ3v) is 13.4. The Balaban J connectivity index is 1.20. The van der Waals surface area contributed by atoms with Crippen molar-refractivity contribution in [2.75, 3.05) is 6.54 Å². The lowest BCUT2D eigenvalue weighted by Crippen LogP contribution is -2.55. The highest BCUT2D eigenvalue weighted by Gasteiger charge is 2.80. The number of carbonyl (C=O) groups is 2. The third-order valence-electron chi connectivity index (χ3n) is 13.4. The fourth-order valence-electron chi connectivity index (χ4n) is 11.8. The fraction of sp³-hybridized carbons (Fsp3) is 0.938. The number of amides is 2. The van der Waals surface area contributed by atoms with E-state index >= 15 is 0 Å². The Morgan fingerprint density at radius 1 is 0.974 bits per heavy atom. The van der Waals surface area contributed by atoms with Crippen LogP contribution in [0.3, 0.4) is 0 Å². The van der Waals surface area contributed by atoms with Gasteiger partial charge in [-0.25, -0.2) is 9.59 Å². The van der Waals surface area contributed by atoms with E-state index in [9.17, 15) is 9.59 Å². The minimum Gasteiger partial charge on any atom is -0.446 e. The summed E-state index contributed by atoms with van der Waals surface area (Å²) in [6.45, 7) is 14.0. The first-order valence-corrected chi connectivity index (χ1v) is 16.0. The summed E-state index contributed by atoms with van der Waals surface area (Å²) in [5, 5.41) is 2.80. The molecule has 5 unspecified atom stereocenters. The monoisotopic (exact) mass is 544 g/mol. The molecule has 1 heterocycles. The van der Waals surface area contributed by atoms with Gasteiger partial charge in [-0.1, -0.05) is 34.6 Å². The van der Waals surface area contributed by atoms with E-state index in [4.69, 9.17) is 19.9 Å². The van der Waals surface area contributed by atoms with Crippen LogP contribution >= 0.6 is 0 Å². The number of alkyl carbamates (subject to hydrolysis) is 1. The Hall–Kier alpha value is -1.50. The highest BCUT2D eigenvalue weighted by atomic mass is 16.6. The smallest absolute Gasteiger partial charge is 0.407 e. The number of hydrogen-bond acceptors (Lipinski definition) is 5. The molecule has 0 radical (unpaired) electrons. The second-order valence-corrected chi connectivity index (χ2v) is 15.4. The summed E-state index contributed by atoms with van der Waals surface area (Å²) in [6, 6.07) is 0. The van der Waals surface area contributed by atoms with Crippen LogP contribution in [0.4, 0.5) is 9.59 Å². The van der Waals surface area contributed by atoms with Gasteiger partial charge in [0.15, 0.2) is 0 Å². The van der Waals surface area contributed by atoms with Gasteiger partial charge in [0.05, 0.1) is 12.2 Å². The van der Waals surface area contributed by atoms with E-state index in [0.717, 1.165) is 25.2 Å². The van der Waals surface area contributed by atoms with Crippen molar-refractivity contribution in [2.24, 2.45) is 57.0 Å². The molecule has 2 spiro atoms. The number of hydrogen-bond donors (Lipinski definition) is 2. The number of nitrogens with one attached hydrogen (secondary N) is 1. The third kappa shape index (κ3) is 3.90. The Kier molecular flexibility index (Phi) is 6.56. The maximum atomic E-state index is 12.3. The Labute approximate surface area is 235 Å². The molecule has 39 heavy (non-hydrogen) atoms. The number of primary amides is 1. The predicted octanol–water partition coefficient (Wildman–Crippen LogP) is 6.43. The van der Waals surface area contributed by atoms with Gasteiger partial charge < -0.3 is 25.3 Å². The second kappa shape index (κ2) is 9.25. The summed E-state index contributed by atoms with van der Waals surface area (Å²) >= 11 is 0. The lowest BCUT2D eigenvalue weighted by atomic mass is 9.46. The molecule has 6 aliphatic rings. The van der Waals surface area contributed by atoms with Crippen LogP contribution < -0.4 is 11.1 Å². The van der Waals surface area contributed by atoms with E-state index in [0.29, 0.717) is 40.5 Å². The van der Waals surface area contributed by atoms with E-state index in [2.05, 4.69) is 39.9 Å². The van der Waals surface area contributed by atoms with Crippen LogP contribution in [0.15, 0.2) is 0 Å². The number of carbonyl (C=O) groups excluding carboxylic acids is 2. The zero-order valence-corrected chi connectivity index (χ0v) is 25.1. The largest absolute Gasteiger partial charge is 0.446 e. The average Bonchev–Trinajstić information content (AvgIpc) is 3.44. The van der Waals surface area contributed by atoms with Gasteiger partial charge in [0, 0.05) is 12.0 Å². The Bertz CT molecular complexity index is 999. The van der Waals surface area contributed by atoms with E-state index in [1.807, 2.05) is 6.92 Å². The molecule has 0 aromatic rings. The average molecular weight is 545 g/mol. The van der Waals surface area contributed by atoms with Gasteiger partial charge in [0.25, 0.3) is 0 Å². The molecule has 220 valence electrons. The van der Waals surface area contributed by atoms with Gasteiger partial charge in [-0.05, 0) is 117 Å². The summed E-state index contributed by atoms with van der Waals surface area (Å²) in [6.07, 6.45) is 11.0. The van der Waals surface area contributed by atoms with Crippen molar-refractivity contribution in [3.8, 4) is 0 Å². The molecular formula is C32H52N2O5. The van der Waals surface area contributed by atoms with E-state index in [1.54, 1.807) is 0 Å². The van der Waals surface area contributed by atoms with Gasteiger partial charge in [-0.15, -0.1) is 0 Å². The standard InChI is InChI=1S/C32H52N2O5/c1-7-34-28(36)39-26(18(2)3)22-10-8-20-23(37-22)16-21-19-9-11-24-29(4,5)25(38-27(33)35)12-13-32(24)17-31(19,32)15-14-30(20,21)6/h18-26H,7-17H2,1-6H3,(H2,33,35)(H,34,36)/t19?,20?,21?,22?,23?,24-,25-,26+,30+,31-,32+/m0/s1.